The largest absolute Gasteiger partial charge is 0.379 e. The van der Waals surface area contributed by atoms with Crippen LogP contribution >= 0.6 is 0 Å². The minimum absolute atomic E-state index is 0.747. The first kappa shape index (κ1) is 10.9. The molecule has 1 aromatic heterocycles. The summed E-state index contributed by atoms with van der Waals surface area (Å²) in [5.74, 6) is 1.34. The lowest BCUT2D eigenvalue weighted by Gasteiger charge is -2.35. The van der Waals surface area contributed by atoms with Crippen LogP contribution < -0.4 is 10.2 Å². The fourth-order valence-electron chi connectivity index (χ4n) is 3.27. The van der Waals surface area contributed by atoms with Crippen molar-refractivity contribution >= 4 is 11.5 Å². The highest BCUT2D eigenvalue weighted by molar-refractivity contribution is 5.71. The zero-order valence-electron chi connectivity index (χ0n) is 10.9. The lowest BCUT2D eigenvalue weighted by atomic mass is 10.1. The van der Waals surface area contributed by atoms with Gasteiger partial charge in [0.1, 0.15) is 5.69 Å². The molecular weight excluding hydrogens is 212 g/mol. The summed E-state index contributed by atoms with van der Waals surface area (Å²) in [6.45, 7) is 7.42. The molecule has 0 bridgehead atoms. The Morgan fingerprint density at radius 3 is 2.82 bits per heavy atom. The number of fused-ring (bicyclic) bond motifs is 1. The summed E-state index contributed by atoms with van der Waals surface area (Å²) in [5.41, 5.74) is 2.41. The predicted molar refractivity (Wildman–Crippen MR) is 70.7 cm³/mol. The van der Waals surface area contributed by atoms with Crippen LogP contribution in [0.25, 0.3) is 0 Å². The van der Waals surface area contributed by atoms with Crippen molar-refractivity contribution in [2.24, 2.45) is 0 Å². The Morgan fingerprint density at radius 1 is 1.35 bits per heavy atom. The van der Waals surface area contributed by atoms with Gasteiger partial charge in [-0.3, -0.25) is 0 Å². The molecule has 0 atom stereocenters. The van der Waals surface area contributed by atoms with E-state index in [1.165, 1.54) is 37.2 Å². The van der Waals surface area contributed by atoms with Gasteiger partial charge in [0, 0.05) is 25.7 Å². The number of nitrogens with one attached hydrogen (secondary N) is 1. The molecule has 17 heavy (non-hydrogen) atoms. The van der Waals surface area contributed by atoms with Crippen molar-refractivity contribution in [3.8, 4) is 0 Å². The van der Waals surface area contributed by atoms with Crippen LogP contribution in [0.2, 0.25) is 0 Å². The zero-order chi connectivity index (χ0) is 11.8. The van der Waals surface area contributed by atoms with Crippen molar-refractivity contribution in [1.29, 1.82) is 0 Å². The van der Waals surface area contributed by atoms with Gasteiger partial charge in [0.15, 0.2) is 5.82 Å². The second kappa shape index (κ2) is 4.24. The molecule has 0 amide bonds. The van der Waals surface area contributed by atoms with Crippen LogP contribution in [0.4, 0.5) is 11.5 Å². The molecule has 1 fully saturated rings. The molecule has 0 aromatic carbocycles. The van der Waals surface area contributed by atoms with Gasteiger partial charge >= 0.3 is 0 Å². The summed E-state index contributed by atoms with van der Waals surface area (Å²) in [5, 5.41) is 8.16. The third-order valence-corrected chi connectivity index (χ3v) is 4.09. The van der Waals surface area contributed by atoms with Gasteiger partial charge in [-0.05, 0) is 26.7 Å². The van der Waals surface area contributed by atoms with Crippen molar-refractivity contribution in [1.82, 2.24) is 9.78 Å². The number of anilines is 2. The van der Waals surface area contributed by atoms with E-state index in [1.54, 1.807) is 0 Å². The van der Waals surface area contributed by atoms with Crippen molar-refractivity contribution in [3.63, 3.8) is 0 Å². The number of nitrogens with zero attached hydrogens (tertiary/aromatic N) is 3. The number of aromatic nitrogens is 2. The number of hydrogen-bond acceptors (Lipinski definition) is 3. The smallest absolute Gasteiger partial charge is 0.151 e. The van der Waals surface area contributed by atoms with Crippen LogP contribution in [0.1, 0.15) is 38.3 Å². The van der Waals surface area contributed by atoms with Gasteiger partial charge in [0.25, 0.3) is 0 Å². The zero-order valence-corrected chi connectivity index (χ0v) is 10.9. The maximum atomic E-state index is 4.64. The molecule has 94 valence electrons. The van der Waals surface area contributed by atoms with E-state index in [-0.39, 0.29) is 0 Å². The Morgan fingerprint density at radius 2 is 2.12 bits per heavy atom. The Balaban J connectivity index is 1.99. The molecule has 0 saturated heterocycles. The van der Waals surface area contributed by atoms with E-state index in [9.17, 15) is 0 Å². The number of hydrogen-bond donors (Lipinski definition) is 1. The molecule has 1 aromatic rings. The number of rotatable bonds is 2. The molecule has 1 N–H and O–H groups in total. The van der Waals surface area contributed by atoms with E-state index < -0.39 is 0 Å². The minimum Gasteiger partial charge on any atom is -0.379 e. The monoisotopic (exact) mass is 234 g/mol. The van der Waals surface area contributed by atoms with Gasteiger partial charge in [-0.25, -0.2) is 4.68 Å². The Bertz CT molecular complexity index is 404. The van der Waals surface area contributed by atoms with Crippen molar-refractivity contribution in [3.05, 3.63) is 5.69 Å². The normalized spacial score (nSPS) is 20.5. The fourth-order valence-corrected chi connectivity index (χ4v) is 3.27. The van der Waals surface area contributed by atoms with Crippen LogP contribution in [-0.2, 0) is 6.54 Å². The Kier molecular flexibility index (Phi) is 2.73. The average Bonchev–Trinajstić information content (AvgIpc) is 2.97. The van der Waals surface area contributed by atoms with E-state index >= 15 is 0 Å². The van der Waals surface area contributed by atoms with Crippen LogP contribution in [0.3, 0.4) is 0 Å². The molecule has 2 heterocycles. The molecule has 0 spiro atoms. The average molecular weight is 234 g/mol. The second-order valence-electron chi connectivity index (χ2n) is 5.16. The van der Waals surface area contributed by atoms with Gasteiger partial charge in [0.05, 0.1) is 5.69 Å². The van der Waals surface area contributed by atoms with Gasteiger partial charge in [-0.2, -0.15) is 5.10 Å². The van der Waals surface area contributed by atoms with Gasteiger partial charge < -0.3 is 10.2 Å². The van der Waals surface area contributed by atoms with Crippen LogP contribution in [-0.4, -0.2) is 28.9 Å². The molecule has 1 aliphatic carbocycles. The maximum absolute atomic E-state index is 4.64. The highest BCUT2D eigenvalue weighted by atomic mass is 15.4. The van der Waals surface area contributed by atoms with Crippen LogP contribution in [0.5, 0.6) is 0 Å². The van der Waals surface area contributed by atoms with Crippen LogP contribution in [0.15, 0.2) is 0 Å². The summed E-state index contributed by atoms with van der Waals surface area (Å²) in [7, 11) is 0. The molecule has 3 rings (SSSR count). The quantitative estimate of drug-likeness (QED) is 0.853. The SMILES string of the molecule is CCn1nc(C)c2c1N(C1CCCC1)CCN2. The van der Waals surface area contributed by atoms with Crippen LogP contribution in [0, 0.1) is 6.92 Å². The summed E-state index contributed by atoms with van der Waals surface area (Å²) in [6, 6.07) is 0.747. The lowest BCUT2D eigenvalue weighted by Crippen LogP contribution is -2.41. The maximum Gasteiger partial charge on any atom is 0.151 e. The third-order valence-electron chi connectivity index (χ3n) is 4.09. The molecule has 4 heteroatoms. The second-order valence-corrected chi connectivity index (χ2v) is 5.16. The summed E-state index contributed by atoms with van der Waals surface area (Å²) >= 11 is 0. The van der Waals surface area contributed by atoms with E-state index in [4.69, 9.17) is 0 Å². The molecule has 2 aliphatic rings. The van der Waals surface area contributed by atoms with Crippen molar-refractivity contribution in [2.45, 2.75) is 52.1 Å². The summed E-state index contributed by atoms with van der Waals surface area (Å²) < 4.78 is 2.16. The van der Waals surface area contributed by atoms with E-state index in [1.807, 2.05) is 0 Å². The third kappa shape index (κ3) is 1.70. The first-order chi connectivity index (χ1) is 8.31. The van der Waals surface area contributed by atoms with Gasteiger partial charge in [0.2, 0.25) is 0 Å². The molecule has 0 radical (unpaired) electrons. The molecule has 1 saturated carbocycles. The Hall–Kier alpha value is -1.19. The predicted octanol–water partition coefficient (Wildman–Crippen LogP) is 2.39. The summed E-state index contributed by atoms with van der Waals surface area (Å²) in [4.78, 5) is 2.60. The van der Waals surface area contributed by atoms with E-state index in [0.717, 1.165) is 31.4 Å². The Labute approximate surface area is 103 Å². The number of aryl methyl sites for hydroxylation is 2. The topological polar surface area (TPSA) is 33.1 Å². The molecule has 0 unspecified atom stereocenters. The highest BCUT2D eigenvalue weighted by Crippen LogP contribution is 2.36. The van der Waals surface area contributed by atoms with Gasteiger partial charge in [-0.1, -0.05) is 12.8 Å². The van der Waals surface area contributed by atoms with E-state index in [0.29, 0.717) is 0 Å². The molecule has 4 nitrogen and oxygen atoms in total. The first-order valence-electron chi connectivity index (χ1n) is 6.89. The fraction of sp³-hybridized carbons (Fsp3) is 0.769. The lowest BCUT2D eigenvalue weighted by molar-refractivity contribution is 0.562. The molecule has 1 aliphatic heterocycles. The van der Waals surface area contributed by atoms with E-state index in [2.05, 4.69) is 33.8 Å². The van der Waals surface area contributed by atoms with Gasteiger partial charge in [-0.15, -0.1) is 0 Å². The standard InChI is InChI=1S/C13H22N4/c1-3-17-13-12(10(2)15-17)14-8-9-16(13)11-6-4-5-7-11/h11,14H,3-9H2,1-2H3. The highest BCUT2D eigenvalue weighted by Gasteiger charge is 2.30. The van der Waals surface area contributed by atoms with Crippen molar-refractivity contribution in [2.75, 3.05) is 23.3 Å². The molecular formula is C13H22N4. The summed E-state index contributed by atoms with van der Waals surface area (Å²) in [6.07, 6.45) is 5.49. The van der Waals surface area contributed by atoms with Crippen molar-refractivity contribution < 1.29 is 0 Å². The minimum atomic E-state index is 0.747. The first-order valence-corrected chi connectivity index (χ1v) is 6.89.